The first-order chi connectivity index (χ1) is 15.7. The van der Waals surface area contributed by atoms with E-state index in [0.29, 0.717) is 23.0 Å². The molecule has 1 aliphatic rings. The van der Waals surface area contributed by atoms with Crippen LogP contribution in [0.4, 0.5) is 5.69 Å². The van der Waals surface area contributed by atoms with Gasteiger partial charge in [-0.2, -0.15) is 0 Å². The molecule has 1 aliphatic heterocycles. The van der Waals surface area contributed by atoms with Gasteiger partial charge in [0.2, 0.25) is 0 Å². The number of methoxy groups -OCH3 is 1. The lowest BCUT2D eigenvalue weighted by atomic mass is 10.1. The molecular weight excluding hydrogens is 418 g/mol. The van der Waals surface area contributed by atoms with Crippen LogP contribution in [0.1, 0.15) is 11.1 Å². The van der Waals surface area contributed by atoms with Gasteiger partial charge >= 0.3 is 0 Å². The van der Waals surface area contributed by atoms with Crippen LogP contribution in [-0.4, -0.2) is 13.0 Å². The van der Waals surface area contributed by atoms with Crippen LogP contribution in [0.5, 0.6) is 11.5 Å². The molecule has 1 heterocycles. The second-order valence-electron chi connectivity index (χ2n) is 7.40. The maximum absolute atomic E-state index is 12.5. The van der Waals surface area contributed by atoms with Gasteiger partial charge in [-0.25, -0.2) is 0 Å². The van der Waals surface area contributed by atoms with Crippen LogP contribution >= 0.6 is 11.8 Å². The highest BCUT2D eigenvalue weighted by molar-refractivity contribution is 8.04. The molecule has 0 aliphatic carbocycles. The van der Waals surface area contributed by atoms with Gasteiger partial charge in [-0.05, 0) is 52.2 Å². The lowest BCUT2D eigenvalue weighted by Gasteiger charge is -2.18. The fourth-order valence-corrected chi connectivity index (χ4v) is 4.67. The monoisotopic (exact) mass is 439 g/mol. The molecule has 5 rings (SSSR count). The molecule has 0 bridgehead atoms. The van der Waals surface area contributed by atoms with E-state index in [0.717, 1.165) is 21.7 Å². The molecule has 32 heavy (non-hydrogen) atoms. The third-order valence-corrected chi connectivity index (χ3v) is 6.43. The summed E-state index contributed by atoms with van der Waals surface area (Å²) in [5.74, 6) is 1.18. The van der Waals surface area contributed by atoms with Gasteiger partial charge in [0.15, 0.2) is 11.5 Å². The molecule has 0 saturated heterocycles. The number of fused-ring (bicyclic) bond motifs is 2. The summed E-state index contributed by atoms with van der Waals surface area (Å²) in [7, 11) is 1.62. The number of hydrogen-bond acceptors (Lipinski definition) is 4. The van der Waals surface area contributed by atoms with Crippen molar-refractivity contribution in [3.63, 3.8) is 0 Å². The minimum Gasteiger partial charge on any atom is -0.493 e. The molecule has 0 radical (unpaired) electrons. The Bertz CT molecular complexity index is 1340. The van der Waals surface area contributed by atoms with E-state index in [2.05, 4.69) is 29.6 Å². The molecule has 0 atom stereocenters. The highest BCUT2D eigenvalue weighted by Gasteiger charge is 2.20. The topological polar surface area (TPSA) is 47.6 Å². The molecule has 1 N–H and O–H groups in total. The number of hydrogen-bond donors (Lipinski definition) is 1. The maximum atomic E-state index is 12.5. The van der Waals surface area contributed by atoms with Gasteiger partial charge in [0, 0.05) is 4.90 Å². The zero-order valence-electron chi connectivity index (χ0n) is 17.5. The Morgan fingerprint density at radius 2 is 1.72 bits per heavy atom. The Balaban J connectivity index is 1.37. The van der Waals surface area contributed by atoms with Crippen molar-refractivity contribution in [2.75, 3.05) is 12.4 Å². The zero-order valence-corrected chi connectivity index (χ0v) is 18.3. The Hall–Kier alpha value is -3.70. The van der Waals surface area contributed by atoms with E-state index in [1.165, 1.54) is 22.5 Å². The van der Waals surface area contributed by atoms with Crippen molar-refractivity contribution in [3.05, 3.63) is 101 Å². The second-order valence-corrected chi connectivity index (χ2v) is 8.48. The molecule has 1 amide bonds. The summed E-state index contributed by atoms with van der Waals surface area (Å²) in [6.45, 7) is 0.438. The number of ether oxygens (including phenoxy) is 2. The molecule has 4 nitrogen and oxygen atoms in total. The summed E-state index contributed by atoms with van der Waals surface area (Å²) in [5, 5.41) is 5.30. The van der Waals surface area contributed by atoms with Crippen molar-refractivity contribution >= 4 is 40.2 Å². The van der Waals surface area contributed by atoms with Crippen LogP contribution in [0.15, 0.2) is 94.7 Å². The largest absolute Gasteiger partial charge is 0.493 e. The van der Waals surface area contributed by atoms with Crippen LogP contribution in [0.25, 0.3) is 16.8 Å². The molecule has 5 heteroatoms. The van der Waals surface area contributed by atoms with E-state index in [1.54, 1.807) is 7.11 Å². The maximum Gasteiger partial charge on any atom is 0.262 e. The quantitative estimate of drug-likeness (QED) is 0.360. The predicted molar refractivity (Wildman–Crippen MR) is 130 cm³/mol. The van der Waals surface area contributed by atoms with Gasteiger partial charge < -0.3 is 14.8 Å². The third kappa shape index (κ3) is 4.07. The number of carbonyl (C=O) groups is 1. The van der Waals surface area contributed by atoms with E-state index in [-0.39, 0.29) is 5.91 Å². The average Bonchev–Trinajstić information content (AvgIpc) is 2.83. The Morgan fingerprint density at radius 1 is 0.906 bits per heavy atom. The highest BCUT2D eigenvalue weighted by Crippen LogP contribution is 2.39. The number of nitrogens with one attached hydrogen (secondary N) is 1. The van der Waals surface area contributed by atoms with Crippen LogP contribution < -0.4 is 14.8 Å². The molecular formula is C27H21NO3S. The number of para-hydroxylation sites is 1. The second kappa shape index (κ2) is 8.81. The first-order valence-corrected chi connectivity index (χ1v) is 11.1. The lowest BCUT2D eigenvalue weighted by molar-refractivity contribution is -0.112. The summed E-state index contributed by atoms with van der Waals surface area (Å²) in [5.41, 5.74) is 2.83. The number of anilines is 1. The Morgan fingerprint density at radius 3 is 2.62 bits per heavy atom. The summed E-state index contributed by atoms with van der Waals surface area (Å²) in [6, 6.07) is 28.0. The fourth-order valence-electron chi connectivity index (χ4n) is 3.72. The molecule has 4 aromatic carbocycles. The standard InChI is InChI=1S/C27H21NO3S/c1-30-24-15-18(16-26-27(29)28-22-11-4-5-12-25(22)32-26)13-14-23(24)31-17-20-9-6-8-19-7-2-3-10-21(19)20/h2-16H,17H2,1H3,(H,28,29)/b26-16-. The van der Waals surface area contributed by atoms with Crippen LogP contribution in [-0.2, 0) is 11.4 Å². The Kier molecular flexibility index (Phi) is 5.57. The van der Waals surface area contributed by atoms with E-state index in [1.807, 2.05) is 66.7 Å². The van der Waals surface area contributed by atoms with Crippen molar-refractivity contribution in [3.8, 4) is 11.5 Å². The Labute approximate surface area is 190 Å². The van der Waals surface area contributed by atoms with E-state index < -0.39 is 0 Å². The SMILES string of the molecule is COc1cc(/C=C2\Sc3ccccc3NC2=O)ccc1OCc1cccc2ccccc12. The molecule has 0 saturated carbocycles. The lowest BCUT2D eigenvalue weighted by Crippen LogP contribution is -2.17. The molecule has 0 aromatic heterocycles. The van der Waals surface area contributed by atoms with Gasteiger partial charge in [0.05, 0.1) is 17.7 Å². The van der Waals surface area contributed by atoms with Crippen molar-refractivity contribution in [1.29, 1.82) is 0 Å². The van der Waals surface area contributed by atoms with Gasteiger partial charge in [0.1, 0.15) is 6.61 Å². The normalized spacial score (nSPS) is 14.2. The smallest absolute Gasteiger partial charge is 0.262 e. The van der Waals surface area contributed by atoms with Crippen LogP contribution in [0, 0.1) is 0 Å². The first kappa shape index (κ1) is 20.2. The molecule has 0 spiro atoms. The van der Waals surface area contributed by atoms with E-state index in [4.69, 9.17) is 9.47 Å². The number of carbonyl (C=O) groups excluding carboxylic acids is 1. The van der Waals surface area contributed by atoms with Gasteiger partial charge in [-0.1, -0.05) is 72.4 Å². The van der Waals surface area contributed by atoms with Crippen molar-refractivity contribution in [2.45, 2.75) is 11.5 Å². The summed E-state index contributed by atoms with van der Waals surface area (Å²) >= 11 is 1.46. The average molecular weight is 440 g/mol. The van der Waals surface area contributed by atoms with Crippen molar-refractivity contribution in [1.82, 2.24) is 0 Å². The minimum atomic E-state index is -0.107. The third-order valence-electron chi connectivity index (χ3n) is 5.33. The van der Waals surface area contributed by atoms with E-state index in [9.17, 15) is 4.79 Å². The van der Waals surface area contributed by atoms with Crippen LogP contribution in [0.2, 0.25) is 0 Å². The van der Waals surface area contributed by atoms with Gasteiger partial charge in [-0.15, -0.1) is 0 Å². The summed E-state index contributed by atoms with van der Waals surface area (Å²) in [4.78, 5) is 14.2. The minimum absolute atomic E-state index is 0.107. The highest BCUT2D eigenvalue weighted by atomic mass is 32.2. The summed E-state index contributed by atoms with van der Waals surface area (Å²) in [6.07, 6.45) is 1.87. The number of rotatable bonds is 5. The zero-order chi connectivity index (χ0) is 21.9. The molecule has 0 fully saturated rings. The summed E-state index contributed by atoms with van der Waals surface area (Å²) < 4.78 is 11.7. The predicted octanol–water partition coefficient (Wildman–Crippen LogP) is 6.51. The molecule has 0 unspecified atom stereocenters. The number of amides is 1. The van der Waals surface area contributed by atoms with Crippen molar-refractivity contribution in [2.24, 2.45) is 0 Å². The fraction of sp³-hybridized carbons (Fsp3) is 0.0741. The first-order valence-electron chi connectivity index (χ1n) is 10.3. The molecule has 158 valence electrons. The number of benzene rings is 4. The van der Waals surface area contributed by atoms with Crippen molar-refractivity contribution < 1.29 is 14.3 Å². The molecule has 4 aromatic rings. The van der Waals surface area contributed by atoms with Gasteiger partial charge in [-0.3, -0.25) is 4.79 Å². The van der Waals surface area contributed by atoms with E-state index >= 15 is 0 Å². The van der Waals surface area contributed by atoms with Crippen LogP contribution in [0.3, 0.4) is 0 Å². The van der Waals surface area contributed by atoms with Gasteiger partial charge in [0.25, 0.3) is 5.91 Å². The number of thioether (sulfide) groups is 1.